The van der Waals surface area contributed by atoms with Crippen molar-refractivity contribution >= 4 is 27.2 Å². The maximum atomic E-state index is 12.9. The first kappa shape index (κ1) is 18.0. The molecule has 118 valence electrons. The Hall–Kier alpha value is -1.09. The lowest BCUT2D eigenvalue weighted by molar-refractivity contribution is 0.167. The molecule has 1 aromatic heterocycles. The van der Waals surface area contributed by atoms with Gasteiger partial charge in [0.15, 0.2) is 0 Å². The minimum absolute atomic E-state index is 0.0360. The number of methoxy groups -OCH3 is 1. The van der Waals surface area contributed by atoms with E-state index in [9.17, 15) is 8.42 Å². The van der Waals surface area contributed by atoms with E-state index in [0.29, 0.717) is 13.0 Å². The summed E-state index contributed by atoms with van der Waals surface area (Å²) in [6.07, 6.45) is 2.15. The smallest absolute Gasteiger partial charge is 0.245 e. The number of rotatable bonds is 8. The number of hydrogen-bond acceptors (Lipinski definition) is 5. The van der Waals surface area contributed by atoms with Crippen LogP contribution in [0.5, 0.6) is 0 Å². The Kier molecular flexibility index (Phi) is 6.66. The first-order valence-electron chi connectivity index (χ1n) is 6.61. The molecule has 0 aliphatic carbocycles. The van der Waals surface area contributed by atoms with Crippen molar-refractivity contribution in [2.75, 3.05) is 20.3 Å². The molecule has 0 aliphatic rings. The molecule has 21 heavy (non-hydrogen) atoms. The second-order valence-electron chi connectivity index (χ2n) is 4.58. The van der Waals surface area contributed by atoms with Gasteiger partial charge < -0.3 is 10.5 Å². The highest BCUT2D eigenvalue weighted by atomic mass is 32.2. The lowest BCUT2D eigenvalue weighted by Gasteiger charge is -2.28. The van der Waals surface area contributed by atoms with Crippen molar-refractivity contribution in [3.63, 3.8) is 0 Å². The average Bonchev–Trinajstić information content (AvgIpc) is 2.47. The molecule has 0 spiro atoms. The van der Waals surface area contributed by atoms with Gasteiger partial charge in [-0.15, -0.1) is 0 Å². The Labute approximate surface area is 131 Å². The number of aromatic nitrogens is 1. The summed E-state index contributed by atoms with van der Waals surface area (Å²) in [5.41, 5.74) is 5.70. The topological polar surface area (TPSA) is 85.5 Å². The van der Waals surface area contributed by atoms with E-state index in [1.54, 1.807) is 6.07 Å². The molecule has 1 atom stereocenters. The molecular formula is C13H21N3O3S2. The van der Waals surface area contributed by atoms with Crippen LogP contribution in [-0.4, -0.2) is 49.0 Å². The zero-order valence-electron chi connectivity index (χ0n) is 12.4. The minimum Gasteiger partial charge on any atom is -0.388 e. The molecule has 1 aromatic rings. The van der Waals surface area contributed by atoms with E-state index >= 15 is 0 Å². The van der Waals surface area contributed by atoms with Gasteiger partial charge >= 0.3 is 0 Å². The van der Waals surface area contributed by atoms with Gasteiger partial charge in [0.2, 0.25) is 10.0 Å². The number of nitrogens with zero attached hydrogens (tertiary/aromatic N) is 2. The van der Waals surface area contributed by atoms with Crippen LogP contribution in [0.25, 0.3) is 0 Å². The van der Waals surface area contributed by atoms with Gasteiger partial charge in [-0.3, -0.25) is 4.98 Å². The molecule has 0 bridgehead atoms. The second-order valence-corrected chi connectivity index (χ2v) is 6.88. The number of hydrogen-bond donors (Lipinski definition) is 1. The molecule has 0 saturated carbocycles. The van der Waals surface area contributed by atoms with Crippen molar-refractivity contribution in [3.8, 4) is 0 Å². The third-order valence-corrected chi connectivity index (χ3v) is 5.43. The second kappa shape index (κ2) is 7.79. The van der Waals surface area contributed by atoms with Crippen molar-refractivity contribution in [3.05, 3.63) is 24.0 Å². The van der Waals surface area contributed by atoms with Crippen LogP contribution in [0, 0.1) is 0 Å². The fourth-order valence-corrected chi connectivity index (χ4v) is 3.95. The summed E-state index contributed by atoms with van der Waals surface area (Å²) >= 11 is 4.89. The summed E-state index contributed by atoms with van der Waals surface area (Å²) < 4.78 is 32.2. The molecule has 2 N–H and O–H groups in total. The van der Waals surface area contributed by atoms with Crippen LogP contribution in [0.1, 0.15) is 26.0 Å². The highest BCUT2D eigenvalue weighted by Crippen LogP contribution is 2.21. The zero-order valence-corrected chi connectivity index (χ0v) is 14.1. The van der Waals surface area contributed by atoms with Crippen LogP contribution in [0.4, 0.5) is 0 Å². The average molecular weight is 331 g/mol. The molecule has 6 nitrogen and oxygen atoms in total. The van der Waals surface area contributed by atoms with Crippen molar-refractivity contribution in [1.29, 1.82) is 0 Å². The molecule has 8 heteroatoms. The standard InChI is InChI=1S/C13H21N3O3S2/c1-4-10(2)16(8-9-19-3)21(17,18)11-6-5-7-15-12(11)13(14)20/h5-7,10H,4,8-9H2,1-3H3,(H2,14,20). The van der Waals surface area contributed by atoms with Crippen molar-refractivity contribution in [2.24, 2.45) is 5.73 Å². The SMILES string of the molecule is CCC(C)N(CCOC)S(=O)(=O)c1cccnc1C(N)=S. The minimum atomic E-state index is -3.74. The number of nitrogens with two attached hydrogens (primary N) is 1. The van der Waals surface area contributed by atoms with Crippen LogP contribution >= 0.6 is 12.2 Å². The molecule has 0 aromatic carbocycles. The largest absolute Gasteiger partial charge is 0.388 e. The molecule has 1 unspecified atom stereocenters. The third kappa shape index (κ3) is 4.19. The monoisotopic (exact) mass is 331 g/mol. The van der Waals surface area contributed by atoms with E-state index in [1.165, 1.54) is 23.7 Å². The van der Waals surface area contributed by atoms with Gasteiger partial charge in [0.05, 0.1) is 6.61 Å². The number of pyridine rings is 1. The Bertz CT molecular complexity index is 590. The molecule has 0 aliphatic heterocycles. The van der Waals surface area contributed by atoms with Gasteiger partial charge in [0, 0.05) is 25.9 Å². The predicted octanol–water partition coefficient (Wildman–Crippen LogP) is 1.15. The predicted molar refractivity (Wildman–Crippen MR) is 85.6 cm³/mol. The first-order valence-corrected chi connectivity index (χ1v) is 8.46. The van der Waals surface area contributed by atoms with Crippen LogP contribution in [0.2, 0.25) is 0 Å². The Balaban J connectivity index is 3.32. The summed E-state index contributed by atoms with van der Waals surface area (Å²) in [5.74, 6) is 0. The molecular weight excluding hydrogens is 310 g/mol. The number of thiocarbonyl (C=S) groups is 1. The quantitative estimate of drug-likeness (QED) is 0.719. The van der Waals surface area contributed by atoms with Crippen LogP contribution in [0.15, 0.2) is 23.2 Å². The van der Waals surface area contributed by atoms with Gasteiger partial charge in [0.25, 0.3) is 0 Å². The Morgan fingerprint density at radius 1 is 1.57 bits per heavy atom. The zero-order chi connectivity index (χ0) is 16.0. The van der Waals surface area contributed by atoms with Crippen LogP contribution in [0.3, 0.4) is 0 Å². The molecule has 0 saturated heterocycles. The van der Waals surface area contributed by atoms with Crippen LogP contribution in [-0.2, 0) is 14.8 Å². The van der Waals surface area contributed by atoms with Crippen LogP contribution < -0.4 is 5.73 Å². The maximum Gasteiger partial charge on any atom is 0.245 e. The summed E-state index contributed by atoms with van der Waals surface area (Å²) in [5, 5.41) is 0. The highest BCUT2D eigenvalue weighted by Gasteiger charge is 2.31. The fourth-order valence-electron chi connectivity index (χ4n) is 1.87. The molecule has 1 rings (SSSR count). The first-order chi connectivity index (χ1) is 9.86. The van der Waals surface area contributed by atoms with Crippen molar-refractivity contribution < 1.29 is 13.2 Å². The van der Waals surface area contributed by atoms with Gasteiger partial charge in [-0.25, -0.2) is 8.42 Å². The lowest BCUT2D eigenvalue weighted by Crippen LogP contribution is -2.41. The Morgan fingerprint density at radius 2 is 2.24 bits per heavy atom. The normalized spacial score (nSPS) is 13.3. The Morgan fingerprint density at radius 3 is 2.76 bits per heavy atom. The van der Waals surface area contributed by atoms with Gasteiger partial charge in [0.1, 0.15) is 15.6 Å². The number of sulfonamides is 1. The van der Waals surface area contributed by atoms with E-state index in [1.807, 2.05) is 13.8 Å². The molecule has 1 heterocycles. The van der Waals surface area contributed by atoms with Crippen molar-refractivity contribution in [1.82, 2.24) is 9.29 Å². The van der Waals surface area contributed by atoms with E-state index < -0.39 is 10.0 Å². The van der Waals surface area contributed by atoms with Gasteiger partial charge in [-0.2, -0.15) is 4.31 Å². The van der Waals surface area contributed by atoms with Gasteiger partial charge in [-0.05, 0) is 25.5 Å². The number of ether oxygens (including phenoxy) is 1. The summed E-state index contributed by atoms with van der Waals surface area (Å²) in [4.78, 5) is 3.99. The van der Waals surface area contributed by atoms with Gasteiger partial charge in [-0.1, -0.05) is 19.1 Å². The highest BCUT2D eigenvalue weighted by molar-refractivity contribution is 7.89. The van der Waals surface area contributed by atoms with E-state index in [4.69, 9.17) is 22.7 Å². The summed E-state index contributed by atoms with van der Waals surface area (Å²) in [6.45, 7) is 4.35. The van der Waals surface area contributed by atoms with E-state index in [-0.39, 0.29) is 28.2 Å². The molecule has 0 radical (unpaired) electrons. The fraction of sp³-hybridized carbons (Fsp3) is 0.538. The van der Waals surface area contributed by atoms with E-state index in [2.05, 4.69) is 4.98 Å². The lowest BCUT2D eigenvalue weighted by atomic mass is 10.3. The maximum absolute atomic E-state index is 12.9. The third-order valence-electron chi connectivity index (χ3n) is 3.19. The van der Waals surface area contributed by atoms with E-state index in [0.717, 1.165) is 0 Å². The molecule has 0 fully saturated rings. The summed E-state index contributed by atoms with van der Waals surface area (Å²) in [7, 11) is -2.20. The molecule has 0 amide bonds. The summed E-state index contributed by atoms with van der Waals surface area (Å²) in [6, 6.07) is 2.86. The van der Waals surface area contributed by atoms with Crippen molar-refractivity contribution in [2.45, 2.75) is 31.2 Å².